The number of amides is 2. The monoisotopic (exact) mass is 523 g/mol. The van der Waals surface area contributed by atoms with E-state index in [0.29, 0.717) is 13.0 Å². The van der Waals surface area contributed by atoms with Crippen LogP contribution in [-0.2, 0) is 6.54 Å². The molecular formula is C30H42FN5O2. The molecule has 7 nitrogen and oxygen atoms in total. The van der Waals surface area contributed by atoms with Crippen molar-refractivity contribution in [2.45, 2.75) is 95.0 Å². The molecule has 1 aromatic carbocycles. The number of likely N-dealkylation sites (tertiary alicyclic amines) is 1. The summed E-state index contributed by atoms with van der Waals surface area (Å²) < 4.78 is 20.3. The predicted molar refractivity (Wildman–Crippen MR) is 149 cm³/mol. The Morgan fingerprint density at radius 3 is 2.74 bits per heavy atom. The molecule has 8 heteroatoms. The van der Waals surface area contributed by atoms with Crippen LogP contribution < -0.4 is 15.8 Å². The number of aliphatic imine (C=N–C) groups is 1. The first kappa shape index (κ1) is 26.9. The number of ether oxygens (including phenoxy) is 1. The standard InChI is InChI=1S/C30H42FN5O2/c1-2-26(20-32)38-27-13-6-8-22(18-27)21-35-16-14-30(15-17-35)28(33-24-10-4-3-5-11-24)34-29(37)36(30)25-12-7-9-23(31)19-25/h6-9,13,18-19,24-26H,2-5,10-12,14-17,20-21,32H2,1H3,(H,33,34,37). The molecular weight excluding hydrogens is 481 g/mol. The number of nitrogens with zero attached hydrogens (tertiary/aromatic N) is 3. The van der Waals surface area contributed by atoms with Gasteiger partial charge in [-0.1, -0.05) is 44.4 Å². The fourth-order valence-electron chi connectivity index (χ4n) is 6.43. The average molecular weight is 524 g/mol. The number of allylic oxidation sites excluding steroid dienone is 2. The highest BCUT2D eigenvalue weighted by Crippen LogP contribution is 2.39. The van der Waals surface area contributed by atoms with Gasteiger partial charge in [0.05, 0.1) is 12.1 Å². The summed E-state index contributed by atoms with van der Waals surface area (Å²) in [5, 5.41) is 3.14. The van der Waals surface area contributed by atoms with Crippen LogP contribution >= 0.6 is 0 Å². The number of hydrogen-bond donors (Lipinski definition) is 2. The average Bonchev–Trinajstić information content (AvgIpc) is 3.19. The minimum Gasteiger partial charge on any atom is -0.489 e. The van der Waals surface area contributed by atoms with Crippen molar-refractivity contribution in [3.05, 3.63) is 53.9 Å². The van der Waals surface area contributed by atoms with Gasteiger partial charge in [-0.05, 0) is 68.4 Å². The van der Waals surface area contributed by atoms with E-state index in [9.17, 15) is 9.18 Å². The number of urea groups is 1. The summed E-state index contributed by atoms with van der Waals surface area (Å²) in [6.45, 7) is 5.05. The number of nitrogens with one attached hydrogen (secondary N) is 1. The smallest absolute Gasteiger partial charge is 0.324 e. The Morgan fingerprint density at radius 2 is 2.03 bits per heavy atom. The van der Waals surface area contributed by atoms with Gasteiger partial charge in [-0.3, -0.25) is 15.2 Å². The first-order chi connectivity index (χ1) is 18.5. The molecule has 5 rings (SSSR count). The Balaban J connectivity index is 1.33. The lowest BCUT2D eigenvalue weighted by Crippen LogP contribution is -2.59. The number of nitrogens with two attached hydrogens (primary N) is 1. The Kier molecular flexibility index (Phi) is 8.48. The van der Waals surface area contributed by atoms with E-state index in [-0.39, 0.29) is 30.0 Å². The summed E-state index contributed by atoms with van der Waals surface area (Å²) in [7, 11) is 0. The number of rotatable bonds is 8. The van der Waals surface area contributed by atoms with Crippen LogP contribution in [0, 0.1) is 0 Å². The van der Waals surface area contributed by atoms with E-state index in [1.165, 1.54) is 30.9 Å². The molecule has 1 aromatic rings. The molecule has 1 spiro atoms. The third-order valence-corrected chi connectivity index (χ3v) is 8.58. The van der Waals surface area contributed by atoms with Crippen LogP contribution in [0.15, 0.2) is 53.3 Å². The van der Waals surface area contributed by atoms with Gasteiger partial charge in [-0.15, -0.1) is 0 Å². The van der Waals surface area contributed by atoms with Gasteiger partial charge >= 0.3 is 6.03 Å². The minimum absolute atomic E-state index is 0.0221. The normalized spacial score (nSPS) is 26.0. The fourth-order valence-corrected chi connectivity index (χ4v) is 6.43. The van der Waals surface area contributed by atoms with Crippen molar-refractivity contribution < 1.29 is 13.9 Å². The van der Waals surface area contributed by atoms with E-state index in [1.807, 2.05) is 23.1 Å². The van der Waals surface area contributed by atoms with E-state index in [2.05, 4.69) is 29.3 Å². The molecule has 206 valence electrons. The number of carbonyl (C=O) groups is 1. The van der Waals surface area contributed by atoms with Crippen molar-refractivity contribution in [3.63, 3.8) is 0 Å². The van der Waals surface area contributed by atoms with Gasteiger partial charge in [0, 0.05) is 26.2 Å². The Morgan fingerprint density at radius 1 is 1.24 bits per heavy atom. The number of benzene rings is 1. The Hall–Kier alpha value is -2.71. The Bertz CT molecular complexity index is 1070. The number of hydrogen-bond acceptors (Lipinski definition) is 5. The van der Waals surface area contributed by atoms with Crippen molar-refractivity contribution in [3.8, 4) is 5.75 Å². The van der Waals surface area contributed by atoms with Gasteiger partial charge < -0.3 is 15.4 Å². The lowest BCUT2D eigenvalue weighted by molar-refractivity contribution is 0.0848. The molecule has 0 radical (unpaired) electrons. The topological polar surface area (TPSA) is 83.2 Å². The second kappa shape index (κ2) is 12.0. The zero-order valence-corrected chi connectivity index (χ0v) is 22.6. The quantitative estimate of drug-likeness (QED) is 0.498. The highest BCUT2D eigenvalue weighted by molar-refractivity contribution is 6.10. The largest absolute Gasteiger partial charge is 0.489 e. The van der Waals surface area contributed by atoms with Crippen LogP contribution in [0.25, 0.3) is 0 Å². The SMILES string of the molecule is CCC(CN)Oc1cccc(CN2CCC3(CC2)C(=NC2CCCCC2)NC(=O)N3C2C=C(F)C=CC2)c1. The van der Waals surface area contributed by atoms with Crippen LogP contribution in [0.5, 0.6) is 5.75 Å². The molecule has 2 heterocycles. The predicted octanol–water partition coefficient (Wildman–Crippen LogP) is 5.08. The molecule has 0 aromatic heterocycles. The first-order valence-electron chi connectivity index (χ1n) is 14.4. The zero-order valence-electron chi connectivity index (χ0n) is 22.6. The lowest BCUT2D eigenvalue weighted by Gasteiger charge is -2.46. The molecule has 3 N–H and O–H groups in total. The van der Waals surface area contributed by atoms with Gasteiger partial charge in [0.25, 0.3) is 0 Å². The Labute approximate surface area is 226 Å². The maximum Gasteiger partial charge on any atom is 0.324 e. The molecule has 2 aliphatic carbocycles. The van der Waals surface area contributed by atoms with E-state index in [0.717, 1.165) is 63.3 Å². The third-order valence-electron chi connectivity index (χ3n) is 8.58. The molecule has 38 heavy (non-hydrogen) atoms. The second-order valence-corrected chi connectivity index (χ2v) is 11.2. The minimum atomic E-state index is -0.516. The van der Waals surface area contributed by atoms with Gasteiger partial charge in [-0.25, -0.2) is 9.18 Å². The summed E-state index contributed by atoms with van der Waals surface area (Å²) in [6, 6.07) is 8.07. The summed E-state index contributed by atoms with van der Waals surface area (Å²) in [5.74, 6) is 1.38. The van der Waals surface area contributed by atoms with E-state index in [4.69, 9.17) is 15.5 Å². The van der Waals surface area contributed by atoms with Crippen LogP contribution in [0.3, 0.4) is 0 Å². The van der Waals surface area contributed by atoms with Gasteiger partial charge in [0.2, 0.25) is 0 Å². The number of carbonyl (C=O) groups excluding carboxylic acids is 1. The van der Waals surface area contributed by atoms with Crippen molar-refractivity contribution in [2.75, 3.05) is 19.6 Å². The lowest BCUT2D eigenvalue weighted by atomic mass is 9.83. The van der Waals surface area contributed by atoms with E-state index in [1.54, 1.807) is 6.08 Å². The van der Waals surface area contributed by atoms with Crippen LogP contribution in [0.1, 0.15) is 70.3 Å². The molecule has 2 amide bonds. The molecule has 4 aliphatic rings. The maximum atomic E-state index is 14.3. The van der Waals surface area contributed by atoms with Gasteiger partial charge in [0.1, 0.15) is 29.1 Å². The fraction of sp³-hybridized carbons (Fsp3) is 0.600. The summed E-state index contributed by atoms with van der Waals surface area (Å²) in [6.07, 6.45) is 13.8. The number of piperidine rings is 1. The van der Waals surface area contributed by atoms with Crippen LogP contribution in [0.4, 0.5) is 9.18 Å². The highest BCUT2D eigenvalue weighted by atomic mass is 19.1. The maximum absolute atomic E-state index is 14.3. The molecule has 1 saturated carbocycles. The van der Waals surface area contributed by atoms with Gasteiger partial charge in [0.15, 0.2) is 0 Å². The van der Waals surface area contributed by atoms with Crippen LogP contribution in [-0.4, -0.2) is 65.0 Å². The van der Waals surface area contributed by atoms with Crippen molar-refractivity contribution >= 4 is 11.9 Å². The molecule has 0 bridgehead atoms. The third kappa shape index (κ3) is 5.81. The van der Waals surface area contributed by atoms with Crippen molar-refractivity contribution in [2.24, 2.45) is 10.7 Å². The number of amidine groups is 1. The van der Waals surface area contributed by atoms with Crippen molar-refractivity contribution in [1.29, 1.82) is 0 Å². The summed E-state index contributed by atoms with van der Waals surface area (Å²) in [5.41, 5.74) is 6.50. The first-order valence-corrected chi connectivity index (χ1v) is 14.4. The van der Waals surface area contributed by atoms with E-state index >= 15 is 0 Å². The molecule has 2 atom stereocenters. The van der Waals surface area contributed by atoms with Gasteiger partial charge in [-0.2, -0.15) is 0 Å². The number of halogens is 1. The molecule has 2 saturated heterocycles. The van der Waals surface area contributed by atoms with E-state index < -0.39 is 5.54 Å². The molecule has 3 fully saturated rings. The molecule has 2 aliphatic heterocycles. The summed E-state index contributed by atoms with van der Waals surface area (Å²) in [4.78, 5) is 22.9. The highest BCUT2D eigenvalue weighted by Gasteiger charge is 2.54. The second-order valence-electron chi connectivity index (χ2n) is 11.2. The molecule has 2 unspecified atom stereocenters. The summed E-state index contributed by atoms with van der Waals surface area (Å²) >= 11 is 0. The zero-order chi connectivity index (χ0) is 26.5. The van der Waals surface area contributed by atoms with Crippen LogP contribution in [0.2, 0.25) is 0 Å². The van der Waals surface area contributed by atoms with Crippen molar-refractivity contribution in [1.82, 2.24) is 15.1 Å².